The molecule has 314 valence electrons. The molecule has 0 bridgehead atoms. The third kappa shape index (κ3) is 40.8. The van der Waals surface area contributed by atoms with E-state index < -0.39 is 6.10 Å². The van der Waals surface area contributed by atoms with Crippen LogP contribution < -0.4 is 0 Å². The van der Waals surface area contributed by atoms with Crippen LogP contribution in [0.3, 0.4) is 0 Å². The molecule has 0 heterocycles. The first-order valence-corrected chi connectivity index (χ1v) is 23.0. The summed E-state index contributed by atoms with van der Waals surface area (Å²) in [6.45, 7) is 6.46. The highest BCUT2D eigenvalue weighted by Gasteiger charge is 2.19. The molecule has 6 heteroatoms. The predicted octanol–water partition coefficient (Wildman–Crippen LogP) is 14.6. The smallest absolute Gasteiger partial charge is 0.306 e. The Morgan fingerprint density at radius 1 is 0.389 bits per heavy atom. The van der Waals surface area contributed by atoms with Gasteiger partial charge in [-0.1, -0.05) is 186 Å². The molecule has 1 atom stereocenters. The molecule has 0 saturated heterocycles. The number of allylic oxidation sites excluding steroid dienone is 6. The lowest BCUT2D eigenvalue weighted by molar-refractivity contribution is -0.167. The van der Waals surface area contributed by atoms with Crippen molar-refractivity contribution >= 4 is 17.9 Å². The molecule has 0 aliphatic carbocycles. The first kappa shape index (κ1) is 51.6. The van der Waals surface area contributed by atoms with Gasteiger partial charge in [0, 0.05) is 19.3 Å². The lowest BCUT2D eigenvalue weighted by Gasteiger charge is -2.18. The highest BCUT2D eigenvalue weighted by molar-refractivity contribution is 5.71. The maximum absolute atomic E-state index is 12.7. The van der Waals surface area contributed by atoms with E-state index in [0.29, 0.717) is 19.3 Å². The van der Waals surface area contributed by atoms with E-state index in [1.807, 2.05) is 0 Å². The number of rotatable bonds is 41. The molecule has 0 amide bonds. The van der Waals surface area contributed by atoms with Crippen molar-refractivity contribution in [3.63, 3.8) is 0 Å². The number of unbranched alkanes of at least 4 members (excludes halogenated alkanes) is 24. The molecule has 0 spiro atoms. The molecular weight excluding hydrogens is 673 g/mol. The SMILES string of the molecule is CC/C=C\C/C=C\CCCCCCCCCC(=O)OCC(COC(=O)CCC/C=C\CCCCCC)OC(=O)CCCCCCCCCCCCCCC. The van der Waals surface area contributed by atoms with Gasteiger partial charge in [-0.3, -0.25) is 14.4 Å². The summed E-state index contributed by atoms with van der Waals surface area (Å²) in [7, 11) is 0. The summed E-state index contributed by atoms with van der Waals surface area (Å²) in [5, 5.41) is 0. The third-order valence-corrected chi connectivity index (χ3v) is 9.88. The van der Waals surface area contributed by atoms with Gasteiger partial charge in [-0.15, -0.1) is 0 Å². The Morgan fingerprint density at radius 3 is 1.22 bits per heavy atom. The average molecular weight is 759 g/mol. The first-order chi connectivity index (χ1) is 26.5. The fraction of sp³-hybridized carbons (Fsp3) is 0.812. The van der Waals surface area contributed by atoms with Gasteiger partial charge in [-0.2, -0.15) is 0 Å². The van der Waals surface area contributed by atoms with Crippen molar-refractivity contribution in [2.24, 2.45) is 0 Å². The summed E-state index contributed by atoms with van der Waals surface area (Å²) in [5.41, 5.74) is 0. The Labute approximate surface area is 334 Å². The van der Waals surface area contributed by atoms with E-state index in [1.54, 1.807) is 0 Å². The van der Waals surface area contributed by atoms with E-state index in [9.17, 15) is 14.4 Å². The Hall–Kier alpha value is -2.37. The first-order valence-electron chi connectivity index (χ1n) is 23.0. The lowest BCUT2D eigenvalue weighted by atomic mass is 10.0. The van der Waals surface area contributed by atoms with E-state index >= 15 is 0 Å². The largest absolute Gasteiger partial charge is 0.462 e. The van der Waals surface area contributed by atoms with E-state index in [-0.39, 0.29) is 31.1 Å². The topological polar surface area (TPSA) is 78.9 Å². The molecule has 0 fully saturated rings. The molecule has 0 aliphatic rings. The molecule has 1 unspecified atom stereocenters. The Kier molecular flexibility index (Phi) is 41.5. The minimum atomic E-state index is -0.780. The summed E-state index contributed by atoms with van der Waals surface area (Å²) in [6.07, 6.45) is 48.5. The third-order valence-electron chi connectivity index (χ3n) is 9.88. The van der Waals surface area contributed by atoms with Crippen LogP contribution in [-0.2, 0) is 28.6 Å². The maximum atomic E-state index is 12.7. The molecule has 0 saturated carbocycles. The minimum Gasteiger partial charge on any atom is -0.462 e. The summed E-state index contributed by atoms with van der Waals surface area (Å²) in [4.78, 5) is 37.7. The highest BCUT2D eigenvalue weighted by atomic mass is 16.6. The Balaban J connectivity index is 4.36. The van der Waals surface area contributed by atoms with Crippen molar-refractivity contribution in [3.05, 3.63) is 36.5 Å². The van der Waals surface area contributed by atoms with Gasteiger partial charge < -0.3 is 14.2 Å². The van der Waals surface area contributed by atoms with Crippen LogP contribution in [0.15, 0.2) is 36.5 Å². The zero-order valence-corrected chi connectivity index (χ0v) is 35.7. The molecule has 0 radical (unpaired) electrons. The fourth-order valence-electron chi connectivity index (χ4n) is 6.42. The van der Waals surface area contributed by atoms with Crippen molar-refractivity contribution in [2.75, 3.05) is 13.2 Å². The molecule has 54 heavy (non-hydrogen) atoms. The van der Waals surface area contributed by atoms with Crippen molar-refractivity contribution in [1.82, 2.24) is 0 Å². The fourth-order valence-corrected chi connectivity index (χ4v) is 6.42. The minimum absolute atomic E-state index is 0.0828. The van der Waals surface area contributed by atoms with Crippen LogP contribution in [0.4, 0.5) is 0 Å². The van der Waals surface area contributed by atoms with E-state index in [1.165, 1.54) is 116 Å². The summed E-state index contributed by atoms with van der Waals surface area (Å²) in [6, 6.07) is 0. The second-order valence-corrected chi connectivity index (χ2v) is 15.3. The molecule has 6 nitrogen and oxygen atoms in total. The zero-order chi connectivity index (χ0) is 39.4. The van der Waals surface area contributed by atoms with E-state index in [0.717, 1.165) is 77.0 Å². The molecule has 0 aromatic carbocycles. The van der Waals surface area contributed by atoms with Crippen LogP contribution in [0.1, 0.15) is 233 Å². The van der Waals surface area contributed by atoms with Gasteiger partial charge in [0.15, 0.2) is 6.10 Å². The van der Waals surface area contributed by atoms with Crippen LogP contribution in [0, 0.1) is 0 Å². The lowest BCUT2D eigenvalue weighted by Crippen LogP contribution is -2.30. The van der Waals surface area contributed by atoms with Gasteiger partial charge in [0.25, 0.3) is 0 Å². The van der Waals surface area contributed by atoms with Crippen molar-refractivity contribution in [3.8, 4) is 0 Å². The monoisotopic (exact) mass is 759 g/mol. The number of ether oxygens (including phenoxy) is 3. The van der Waals surface area contributed by atoms with Crippen LogP contribution in [-0.4, -0.2) is 37.2 Å². The molecule has 0 N–H and O–H groups in total. The molecule has 0 aromatic rings. The number of hydrogen-bond acceptors (Lipinski definition) is 6. The molecule has 0 aliphatic heterocycles. The van der Waals surface area contributed by atoms with Crippen molar-refractivity contribution < 1.29 is 28.6 Å². The van der Waals surface area contributed by atoms with Gasteiger partial charge in [0.2, 0.25) is 0 Å². The number of carbonyl (C=O) groups excluding carboxylic acids is 3. The predicted molar refractivity (Wildman–Crippen MR) is 229 cm³/mol. The molecule has 0 rings (SSSR count). The van der Waals surface area contributed by atoms with Crippen molar-refractivity contribution in [1.29, 1.82) is 0 Å². The number of hydrogen-bond donors (Lipinski definition) is 0. The average Bonchev–Trinajstić information content (AvgIpc) is 3.17. The zero-order valence-electron chi connectivity index (χ0n) is 35.7. The van der Waals surface area contributed by atoms with Gasteiger partial charge in [0.1, 0.15) is 13.2 Å². The Morgan fingerprint density at radius 2 is 0.741 bits per heavy atom. The standard InChI is InChI=1S/C48H86O6/c1-4-7-10-13-16-19-21-23-25-26-29-32-35-38-41-47(50)53-44-45(43-52-46(49)40-37-34-31-28-18-15-12-9-6-3)54-48(51)42-39-36-33-30-27-24-22-20-17-14-11-8-5-2/h7,10,16,19,28,31,45H,4-6,8-9,11-15,17-18,20-27,29-30,32-44H2,1-3H3/b10-7-,19-16-,31-28-. The second kappa shape index (κ2) is 43.4. The van der Waals surface area contributed by atoms with Crippen LogP contribution in [0.5, 0.6) is 0 Å². The molecular formula is C48H86O6. The van der Waals surface area contributed by atoms with Crippen LogP contribution in [0.2, 0.25) is 0 Å². The maximum Gasteiger partial charge on any atom is 0.306 e. The molecule has 0 aromatic heterocycles. The summed E-state index contributed by atoms with van der Waals surface area (Å²) < 4.78 is 16.7. The van der Waals surface area contributed by atoms with E-state index in [4.69, 9.17) is 14.2 Å². The normalized spacial score (nSPS) is 12.3. The Bertz CT molecular complexity index is 922. The summed E-state index contributed by atoms with van der Waals surface area (Å²) in [5.74, 6) is -0.924. The van der Waals surface area contributed by atoms with Gasteiger partial charge in [0.05, 0.1) is 0 Å². The highest BCUT2D eigenvalue weighted by Crippen LogP contribution is 2.15. The quantitative estimate of drug-likeness (QED) is 0.0267. The van der Waals surface area contributed by atoms with Gasteiger partial charge in [-0.05, 0) is 64.2 Å². The van der Waals surface area contributed by atoms with Crippen LogP contribution >= 0.6 is 0 Å². The summed E-state index contributed by atoms with van der Waals surface area (Å²) >= 11 is 0. The van der Waals surface area contributed by atoms with E-state index in [2.05, 4.69) is 57.2 Å². The second-order valence-electron chi connectivity index (χ2n) is 15.3. The van der Waals surface area contributed by atoms with Gasteiger partial charge in [-0.25, -0.2) is 0 Å². The van der Waals surface area contributed by atoms with Crippen LogP contribution in [0.25, 0.3) is 0 Å². The van der Waals surface area contributed by atoms with Crippen molar-refractivity contribution in [2.45, 2.75) is 239 Å². The van der Waals surface area contributed by atoms with Gasteiger partial charge >= 0.3 is 17.9 Å². The number of esters is 3. The number of carbonyl (C=O) groups is 3.